The van der Waals surface area contributed by atoms with Crippen molar-refractivity contribution >= 4 is 18.9 Å². The minimum absolute atomic E-state index is 0.361. The lowest BCUT2D eigenvalue weighted by Gasteiger charge is -2.11. The molecule has 0 aliphatic rings. The fourth-order valence-corrected chi connectivity index (χ4v) is 3.04. The molecule has 0 saturated heterocycles. The molecule has 0 aliphatic heterocycles. The summed E-state index contributed by atoms with van der Waals surface area (Å²) in [7, 11) is 1.63. The molecule has 0 saturated carbocycles. The van der Waals surface area contributed by atoms with E-state index >= 15 is 0 Å². The van der Waals surface area contributed by atoms with E-state index in [0.29, 0.717) is 13.2 Å². The van der Waals surface area contributed by atoms with Gasteiger partial charge in [-0.1, -0.05) is 64.2 Å². The molecule has 1 heterocycles. The zero-order valence-corrected chi connectivity index (χ0v) is 18.9. The quantitative estimate of drug-likeness (QED) is 0.229. The maximum absolute atomic E-state index is 11.6. The topological polar surface area (TPSA) is 86.0 Å². The summed E-state index contributed by atoms with van der Waals surface area (Å²) >= 11 is 0. The van der Waals surface area contributed by atoms with Crippen LogP contribution in [0.4, 0.5) is 9.59 Å². The highest BCUT2D eigenvalue weighted by Crippen LogP contribution is 2.12. The Hall–Kier alpha value is -2.64. The number of aliphatic imine (C=N–C) groups is 1. The number of unbranched alkanes of at least 4 members (excludes halogenated alkanes) is 11. The van der Waals surface area contributed by atoms with Gasteiger partial charge in [-0.3, -0.25) is 9.89 Å². The Morgan fingerprint density at radius 2 is 1.45 bits per heavy atom. The second kappa shape index (κ2) is 18.2. The van der Waals surface area contributed by atoms with Crippen molar-refractivity contribution in [3.05, 3.63) is 31.1 Å². The van der Waals surface area contributed by atoms with Crippen LogP contribution >= 0.6 is 0 Å². The van der Waals surface area contributed by atoms with Crippen molar-refractivity contribution < 1.29 is 19.1 Å². The van der Waals surface area contributed by atoms with E-state index in [1.54, 1.807) is 19.4 Å². The molecule has 0 spiro atoms. The predicted molar refractivity (Wildman–Crippen MR) is 122 cm³/mol. The lowest BCUT2D eigenvalue weighted by atomic mass is 10.1. The number of imidazole rings is 1. The monoisotopic (exact) mass is 434 g/mol. The zero-order chi connectivity index (χ0) is 22.6. The maximum atomic E-state index is 11.6. The van der Waals surface area contributed by atoms with Crippen LogP contribution in [0.1, 0.15) is 77.0 Å². The van der Waals surface area contributed by atoms with Crippen LogP contribution in [0, 0.1) is 0 Å². The number of rotatable bonds is 17. The van der Waals surface area contributed by atoms with E-state index in [0.717, 1.165) is 25.7 Å². The van der Waals surface area contributed by atoms with Gasteiger partial charge >= 0.3 is 12.2 Å². The SMILES string of the molecule is C=N/C=C\N(C)C(=O)OCCCCCCCCCCCCCCOC(=O)n1ccnc1. The van der Waals surface area contributed by atoms with Crippen LogP contribution < -0.4 is 0 Å². The van der Waals surface area contributed by atoms with Crippen molar-refractivity contribution in [1.82, 2.24) is 14.5 Å². The summed E-state index contributed by atoms with van der Waals surface area (Å²) in [6, 6.07) is 0. The van der Waals surface area contributed by atoms with Gasteiger partial charge < -0.3 is 9.47 Å². The third kappa shape index (κ3) is 14.1. The largest absolute Gasteiger partial charge is 0.449 e. The fourth-order valence-electron chi connectivity index (χ4n) is 3.04. The highest BCUT2D eigenvalue weighted by Gasteiger charge is 2.06. The summed E-state index contributed by atoms with van der Waals surface area (Å²) in [5, 5.41) is 0. The molecule has 0 aromatic carbocycles. The zero-order valence-electron chi connectivity index (χ0n) is 18.9. The molecule has 1 aromatic rings. The number of carbonyl (C=O) groups is 2. The summed E-state index contributed by atoms with van der Waals surface area (Å²) < 4.78 is 11.7. The summed E-state index contributed by atoms with van der Waals surface area (Å²) in [5.41, 5.74) is 0. The Morgan fingerprint density at radius 1 is 0.935 bits per heavy atom. The fraction of sp³-hybridized carbons (Fsp3) is 0.652. The Bertz CT molecular complexity index is 632. The van der Waals surface area contributed by atoms with Gasteiger partial charge in [-0.05, 0) is 19.6 Å². The van der Waals surface area contributed by atoms with Gasteiger partial charge in [0.15, 0.2) is 0 Å². The number of amides is 1. The molecule has 8 heteroatoms. The van der Waals surface area contributed by atoms with Crippen molar-refractivity contribution in [3.8, 4) is 0 Å². The smallest absolute Gasteiger partial charge is 0.419 e. The average Bonchev–Trinajstić information content (AvgIpc) is 3.32. The molecule has 31 heavy (non-hydrogen) atoms. The van der Waals surface area contributed by atoms with Crippen LogP contribution in [-0.4, -0.2) is 53.6 Å². The van der Waals surface area contributed by atoms with E-state index in [4.69, 9.17) is 9.47 Å². The Kier molecular flexibility index (Phi) is 15.5. The summed E-state index contributed by atoms with van der Waals surface area (Å²) in [6.45, 7) is 4.25. The molecule has 0 aliphatic carbocycles. The molecule has 0 fully saturated rings. The molecule has 174 valence electrons. The van der Waals surface area contributed by atoms with E-state index in [-0.39, 0.29) is 12.2 Å². The van der Waals surface area contributed by atoms with Gasteiger partial charge in [0, 0.05) is 31.8 Å². The Labute approximate surface area is 186 Å². The first kappa shape index (κ1) is 26.4. The normalized spacial score (nSPS) is 10.9. The molecule has 0 unspecified atom stereocenters. The summed E-state index contributed by atoms with van der Waals surface area (Å²) in [5.74, 6) is 0. The van der Waals surface area contributed by atoms with Crippen LogP contribution in [0.15, 0.2) is 36.1 Å². The van der Waals surface area contributed by atoms with E-state index in [1.807, 2.05) is 0 Å². The van der Waals surface area contributed by atoms with Crippen LogP contribution in [0.25, 0.3) is 0 Å². The van der Waals surface area contributed by atoms with E-state index in [1.165, 1.54) is 79.6 Å². The first-order valence-electron chi connectivity index (χ1n) is 11.3. The summed E-state index contributed by atoms with van der Waals surface area (Å²) in [6.07, 6.45) is 20.8. The number of ether oxygens (including phenoxy) is 2. The van der Waals surface area contributed by atoms with E-state index < -0.39 is 0 Å². The van der Waals surface area contributed by atoms with Crippen molar-refractivity contribution in [2.75, 3.05) is 20.3 Å². The molecular formula is C23H38N4O4. The minimum Gasteiger partial charge on any atom is -0.449 e. The van der Waals surface area contributed by atoms with Crippen molar-refractivity contribution in [3.63, 3.8) is 0 Å². The van der Waals surface area contributed by atoms with E-state index in [2.05, 4.69) is 16.7 Å². The molecule has 1 aromatic heterocycles. The second-order valence-corrected chi connectivity index (χ2v) is 7.53. The maximum Gasteiger partial charge on any atom is 0.419 e. The van der Waals surface area contributed by atoms with Crippen LogP contribution in [0.3, 0.4) is 0 Å². The lowest BCUT2D eigenvalue weighted by molar-refractivity contribution is 0.121. The van der Waals surface area contributed by atoms with Gasteiger partial charge in [0.05, 0.1) is 13.2 Å². The number of aromatic nitrogens is 2. The molecule has 0 N–H and O–H groups in total. The molecule has 8 nitrogen and oxygen atoms in total. The average molecular weight is 435 g/mol. The van der Waals surface area contributed by atoms with Crippen LogP contribution in [0.5, 0.6) is 0 Å². The van der Waals surface area contributed by atoms with E-state index in [9.17, 15) is 9.59 Å². The third-order valence-corrected chi connectivity index (χ3v) is 4.89. The molecule has 1 rings (SSSR count). The number of carbonyl (C=O) groups excluding carboxylic acids is 2. The molecule has 0 atom stereocenters. The van der Waals surface area contributed by atoms with Crippen molar-refractivity contribution in [2.45, 2.75) is 77.0 Å². The van der Waals surface area contributed by atoms with Gasteiger partial charge in [0.25, 0.3) is 0 Å². The van der Waals surface area contributed by atoms with Crippen LogP contribution in [0.2, 0.25) is 0 Å². The van der Waals surface area contributed by atoms with Gasteiger partial charge in [-0.25, -0.2) is 19.1 Å². The first-order chi connectivity index (χ1) is 15.1. The van der Waals surface area contributed by atoms with Gasteiger partial charge in [0.1, 0.15) is 6.33 Å². The van der Waals surface area contributed by atoms with Gasteiger partial charge in [-0.15, -0.1) is 0 Å². The second-order valence-electron chi connectivity index (χ2n) is 7.53. The first-order valence-corrected chi connectivity index (χ1v) is 11.3. The standard InChI is InChI=1S/C23H38N4O4/c1-24-15-17-26(2)22(28)30-19-13-11-9-7-5-3-4-6-8-10-12-14-20-31-23(29)27-18-16-25-21-27/h15-18,21H,1,3-14,19-20H2,2H3/b17-15-. The molecular weight excluding hydrogens is 396 g/mol. The molecule has 0 radical (unpaired) electrons. The van der Waals surface area contributed by atoms with Crippen molar-refractivity contribution in [2.24, 2.45) is 4.99 Å². The lowest BCUT2D eigenvalue weighted by Crippen LogP contribution is -2.22. The highest BCUT2D eigenvalue weighted by molar-refractivity contribution is 5.69. The summed E-state index contributed by atoms with van der Waals surface area (Å²) in [4.78, 5) is 31.9. The Balaban J connectivity index is 1.78. The van der Waals surface area contributed by atoms with Gasteiger partial charge in [0.2, 0.25) is 0 Å². The highest BCUT2D eigenvalue weighted by atomic mass is 16.6. The predicted octanol–water partition coefficient (Wildman–Crippen LogP) is 5.79. The molecule has 0 bridgehead atoms. The molecule has 1 amide bonds. The number of hydrogen-bond donors (Lipinski definition) is 0. The minimum atomic E-state index is -0.365. The van der Waals surface area contributed by atoms with Crippen molar-refractivity contribution in [1.29, 1.82) is 0 Å². The number of nitrogens with zero attached hydrogens (tertiary/aromatic N) is 4. The van der Waals surface area contributed by atoms with Gasteiger partial charge in [-0.2, -0.15) is 0 Å². The van der Waals surface area contributed by atoms with Crippen LogP contribution in [-0.2, 0) is 9.47 Å². The Morgan fingerprint density at radius 3 is 1.94 bits per heavy atom. The number of hydrogen-bond acceptors (Lipinski definition) is 6. The third-order valence-electron chi connectivity index (χ3n) is 4.89.